The molecule has 4 rings (SSSR count). The Bertz CT molecular complexity index is 1230. The second-order valence-corrected chi connectivity index (χ2v) is 7.84. The highest BCUT2D eigenvalue weighted by atomic mass is 19.1. The lowest BCUT2D eigenvalue weighted by atomic mass is 9.97. The maximum absolute atomic E-state index is 14.7. The van der Waals surface area contributed by atoms with Crippen LogP contribution in [-0.4, -0.2) is 50.9 Å². The smallest absolute Gasteiger partial charge is 0.274 e. The molecular formula is C24H23FN6O3. The van der Waals surface area contributed by atoms with E-state index in [0.717, 1.165) is 6.07 Å². The van der Waals surface area contributed by atoms with Crippen LogP contribution in [0, 0.1) is 11.7 Å². The fraction of sp³-hybridized carbons (Fsp3) is 0.208. The first kappa shape index (κ1) is 22.8. The van der Waals surface area contributed by atoms with Crippen molar-refractivity contribution in [1.29, 1.82) is 0 Å². The normalized spacial score (nSPS) is 15.4. The van der Waals surface area contributed by atoms with Gasteiger partial charge in [0.15, 0.2) is 0 Å². The van der Waals surface area contributed by atoms with Gasteiger partial charge < -0.3 is 15.5 Å². The Morgan fingerprint density at radius 3 is 2.76 bits per heavy atom. The summed E-state index contributed by atoms with van der Waals surface area (Å²) >= 11 is 0. The number of likely N-dealkylation sites (tertiary alicyclic amines) is 1. The molecule has 0 saturated carbocycles. The Kier molecular flexibility index (Phi) is 6.77. The highest BCUT2D eigenvalue weighted by Crippen LogP contribution is 2.23. The van der Waals surface area contributed by atoms with Gasteiger partial charge in [0.1, 0.15) is 11.5 Å². The van der Waals surface area contributed by atoms with Crippen molar-refractivity contribution in [2.24, 2.45) is 5.92 Å². The number of hydrogen-bond donors (Lipinski definition) is 3. The van der Waals surface area contributed by atoms with Gasteiger partial charge in [-0.1, -0.05) is 12.6 Å². The van der Waals surface area contributed by atoms with Gasteiger partial charge in [-0.05, 0) is 55.3 Å². The number of piperidine rings is 1. The Morgan fingerprint density at radius 2 is 2.03 bits per heavy atom. The number of benzene rings is 1. The van der Waals surface area contributed by atoms with Crippen LogP contribution < -0.4 is 10.6 Å². The summed E-state index contributed by atoms with van der Waals surface area (Å²) in [4.78, 5) is 42.9. The van der Waals surface area contributed by atoms with Crippen LogP contribution in [0.4, 0.5) is 15.8 Å². The summed E-state index contributed by atoms with van der Waals surface area (Å²) in [7, 11) is 0. The van der Waals surface area contributed by atoms with Gasteiger partial charge in [-0.2, -0.15) is 5.10 Å². The fourth-order valence-corrected chi connectivity index (χ4v) is 3.75. The molecule has 0 unspecified atom stereocenters. The molecule has 0 bridgehead atoms. The minimum absolute atomic E-state index is 0.00506. The molecular weight excluding hydrogens is 439 g/mol. The summed E-state index contributed by atoms with van der Waals surface area (Å²) in [5, 5.41) is 11.8. The molecule has 0 aliphatic carbocycles. The number of H-pyrrole nitrogens is 1. The van der Waals surface area contributed by atoms with Gasteiger partial charge in [-0.3, -0.25) is 19.5 Å². The molecule has 9 nitrogen and oxygen atoms in total. The SMILES string of the molecule is C=CC(=O)N1CCC[C@@H](C(=O)Nc2ccc(NC(=O)c3cccc(-c4ccn[nH]4)n3)cc2F)C1. The molecule has 1 aliphatic rings. The van der Waals surface area contributed by atoms with Gasteiger partial charge in [0.25, 0.3) is 5.91 Å². The number of rotatable bonds is 6. The number of nitrogens with one attached hydrogen (secondary N) is 3. The minimum atomic E-state index is -0.694. The van der Waals surface area contributed by atoms with Crippen molar-refractivity contribution in [2.45, 2.75) is 12.8 Å². The molecule has 1 aromatic carbocycles. The van der Waals surface area contributed by atoms with E-state index in [-0.39, 0.29) is 35.4 Å². The van der Waals surface area contributed by atoms with E-state index in [0.29, 0.717) is 30.8 Å². The van der Waals surface area contributed by atoms with Crippen molar-refractivity contribution in [3.05, 3.63) is 72.8 Å². The average Bonchev–Trinajstić information content (AvgIpc) is 3.40. The molecule has 1 fully saturated rings. The molecule has 10 heteroatoms. The van der Waals surface area contributed by atoms with E-state index in [1.165, 1.54) is 18.2 Å². The highest BCUT2D eigenvalue weighted by molar-refractivity contribution is 6.03. The summed E-state index contributed by atoms with van der Waals surface area (Å²) in [6.07, 6.45) is 4.09. The first-order chi connectivity index (χ1) is 16.4. The lowest BCUT2D eigenvalue weighted by Crippen LogP contribution is -2.43. The average molecular weight is 462 g/mol. The molecule has 1 saturated heterocycles. The molecule has 34 heavy (non-hydrogen) atoms. The summed E-state index contributed by atoms with van der Waals surface area (Å²) in [6, 6.07) is 10.7. The third-order valence-electron chi connectivity index (χ3n) is 5.52. The molecule has 3 aromatic rings. The molecule has 2 aromatic heterocycles. The Hall–Kier alpha value is -4.34. The molecule has 3 heterocycles. The number of anilines is 2. The quantitative estimate of drug-likeness (QED) is 0.486. The minimum Gasteiger partial charge on any atom is -0.338 e. The Labute approximate surface area is 195 Å². The maximum Gasteiger partial charge on any atom is 0.274 e. The van der Waals surface area contributed by atoms with Crippen LogP contribution >= 0.6 is 0 Å². The van der Waals surface area contributed by atoms with Crippen molar-refractivity contribution in [1.82, 2.24) is 20.1 Å². The number of pyridine rings is 1. The molecule has 1 atom stereocenters. The summed E-state index contributed by atoms with van der Waals surface area (Å²) in [5.74, 6) is -2.23. The van der Waals surface area contributed by atoms with Crippen molar-refractivity contribution in [2.75, 3.05) is 23.7 Å². The zero-order chi connectivity index (χ0) is 24.1. The fourth-order valence-electron chi connectivity index (χ4n) is 3.75. The van der Waals surface area contributed by atoms with E-state index < -0.39 is 17.6 Å². The number of aromatic amines is 1. The van der Waals surface area contributed by atoms with Gasteiger partial charge in [0, 0.05) is 25.0 Å². The Morgan fingerprint density at radius 1 is 1.18 bits per heavy atom. The summed E-state index contributed by atoms with van der Waals surface area (Å²) < 4.78 is 14.7. The summed E-state index contributed by atoms with van der Waals surface area (Å²) in [6.45, 7) is 4.30. The molecule has 1 aliphatic heterocycles. The first-order valence-corrected chi connectivity index (χ1v) is 10.7. The van der Waals surface area contributed by atoms with E-state index >= 15 is 0 Å². The van der Waals surface area contributed by atoms with Crippen LogP contribution in [0.15, 0.2) is 61.3 Å². The number of aromatic nitrogens is 3. The van der Waals surface area contributed by atoms with Gasteiger partial charge in [-0.15, -0.1) is 0 Å². The number of carbonyl (C=O) groups excluding carboxylic acids is 3. The van der Waals surface area contributed by atoms with E-state index in [2.05, 4.69) is 32.4 Å². The molecule has 3 N–H and O–H groups in total. The van der Waals surface area contributed by atoms with Crippen LogP contribution in [0.3, 0.4) is 0 Å². The van der Waals surface area contributed by atoms with Crippen LogP contribution in [0.2, 0.25) is 0 Å². The van der Waals surface area contributed by atoms with Gasteiger partial charge in [0.05, 0.1) is 23.0 Å². The second-order valence-electron chi connectivity index (χ2n) is 7.84. The second kappa shape index (κ2) is 10.1. The lowest BCUT2D eigenvalue weighted by Gasteiger charge is -2.31. The number of carbonyl (C=O) groups is 3. The first-order valence-electron chi connectivity index (χ1n) is 10.7. The predicted molar refractivity (Wildman–Crippen MR) is 124 cm³/mol. The van der Waals surface area contributed by atoms with Crippen LogP contribution in [0.5, 0.6) is 0 Å². The van der Waals surface area contributed by atoms with E-state index in [9.17, 15) is 18.8 Å². The van der Waals surface area contributed by atoms with Crippen molar-refractivity contribution >= 4 is 29.1 Å². The standard InChI is InChI=1S/C24H23FN6O3/c1-2-22(32)31-12-4-5-15(14-31)23(33)29-18-9-8-16(13-17(18)25)27-24(34)21-7-3-6-19(28-21)20-10-11-26-30-20/h2-3,6-11,13,15H,1,4-5,12,14H2,(H,26,30)(H,27,34)(H,29,33)/t15-/m1/s1. The predicted octanol–water partition coefficient (Wildman–Crippen LogP) is 3.23. The molecule has 0 radical (unpaired) electrons. The zero-order valence-corrected chi connectivity index (χ0v) is 18.3. The van der Waals surface area contributed by atoms with E-state index in [1.807, 2.05) is 0 Å². The molecule has 174 valence electrons. The number of nitrogens with zero attached hydrogens (tertiary/aromatic N) is 3. The largest absolute Gasteiger partial charge is 0.338 e. The summed E-state index contributed by atoms with van der Waals surface area (Å²) in [5.41, 5.74) is 1.58. The lowest BCUT2D eigenvalue weighted by molar-refractivity contribution is -0.130. The molecule has 0 spiro atoms. The number of amides is 3. The molecule has 3 amide bonds. The van der Waals surface area contributed by atoms with E-state index in [4.69, 9.17) is 0 Å². The van der Waals surface area contributed by atoms with Crippen LogP contribution in [-0.2, 0) is 9.59 Å². The maximum atomic E-state index is 14.7. The Balaban J connectivity index is 1.40. The van der Waals surface area contributed by atoms with Gasteiger partial charge in [-0.25, -0.2) is 9.37 Å². The van der Waals surface area contributed by atoms with Crippen molar-refractivity contribution in [3.63, 3.8) is 0 Å². The van der Waals surface area contributed by atoms with Crippen LogP contribution in [0.25, 0.3) is 11.4 Å². The van der Waals surface area contributed by atoms with Crippen molar-refractivity contribution < 1.29 is 18.8 Å². The number of hydrogen-bond acceptors (Lipinski definition) is 5. The third kappa shape index (κ3) is 5.17. The topological polar surface area (TPSA) is 120 Å². The monoisotopic (exact) mass is 462 g/mol. The zero-order valence-electron chi connectivity index (χ0n) is 18.3. The number of halogens is 1. The highest BCUT2D eigenvalue weighted by Gasteiger charge is 2.28. The van der Waals surface area contributed by atoms with E-state index in [1.54, 1.807) is 35.4 Å². The third-order valence-corrected chi connectivity index (χ3v) is 5.52. The van der Waals surface area contributed by atoms with Crippen molar-refractivity contribution in [3.8, 4) is 11.4 Å². The van der Waals surface area contributed by atoms with Crippen LogP contribution in [0.1, 0.15) is 23.3 Å². The van der Waals surface area contributed by atoms with Gasteiger partial charge >= 0.3 is 0 Å². The van der Waals surface area contributed by atoms with Gasteiger partial charge in [0.2, 0.25) is 11.8 Å².